The lowest BCUT2D eigenvalue weighted by Crippen LogP contribution is -2.12. The molecule has 2 aromatic rings. The van der Waals surface area contributed by atoms with Crippen molar-refractivity contribution in [3.63, 3.8) is 0 Å². The smallest absolute Gasteiger partial charge is 0.273 e. The SMILES string of the molecule is O=[N+]([O-])c1ccc2c(c1)OCCOCCOc1cc([N+](=O)[O-])ccc1OCCO2. The molecule has 0 N–H and O–H groups in total. The fraction of sp³-hybridized carbons (Fsp3) is 0.333. The second kappa shape index (κ2) is 9.55. The number of fused-ring (bicyclic) bond motifs is 2. The summed E-state index contributed by atoms with van der Waals surface area (Å²) in [6.45, 7) is 0.946. The first-order valence-corrected chi connectivity index (χ1v) is 8.70. The van der Waals surface area contributed by atoms with Crippen LogP contribution in [0.1, 0.15) is 0 Å². The van der Waals surface area contributed by atoms with Gasteiger partial charge in [0.25, 0.3) is 11.4 Å². The van der Waals surface area contributed by atoms with Crippen LogP contribution >= 0.6 is 0 Å². The number of nitro groups is 2. The zero-order valence-electron chi connectivity index (χ0n) is 15.3. The van der Waals surface area contributed by atoms with E-state index >= 15 is 0 Å². The van der Waals surface area contributed by atoms with Crippen molar-refractivity contribution in [2.45, 2.75) is 0 Å². The van der Waals surface area contributed by atoms with Crippen LogP contribution in [0.5, 0.6) is 23.0 Å². The van der Waals surface area contributed by atoms with E-state index in [9.17, 15) is 20.2 Å². The van der Waals surface area contributed by atoms with Gasteiger partial charge in [0, 0.05) is 12.1 Å². The van der Waals surface area contributed by atoms with E-state index in [1.165, 1.54) is 36.4 Å². The standard InChI is InChI=1S/C18H18N2O9/c21-19(22)13-1-3-15-17(11-13)28-7-5-25-6-8-29-18-12-14(20(23)24)2-4-16(18)27-10-9-26-15/h1-4,11-12H,5-10H2. The van der Waals surface area contributed by atoms with E-state index in [-0.39, 0.29) is 62.5 Å². The Kier molecular flexibility index (Phi) is 6.63. The van der Waals surface area contributed by atoms with Gasteiger partial charge in [0.1, 0.15) is 26.4 Å². The number of hydrogen-bond donors (Lipinski definition) is 0. The Morgan fingerprint density at radius 2 is 0.966 bits per heavy atom. The summed E-state index contributed by atoms with van der Waals surface area (Å²) >= 11 is 0. The molecule has 0 aromatic heterocycles. The molecular weight excluding hydrogens is 388 g/mol. The molecule has 0 atom stereocenters. The van der Waals surface area contributed by atoms with E-state index in [2.05, 4.69) is 0 Å². The Hall–Kier alpha value is -3.60. The lowest BCUT2D eigenvalue weighted by atomic mass is 10.3. The van der Waals surface area contributed by atoms with E-state index in [0.717, 1.165) is 0 Å². The Bertz CT molecular complexity index is 816. The predicted molar refractivity (Wildman–Crippen MR) is 99.0 cm³/mol. The summed E-state index contributed by atoms with van der Waals surface area (Å²) in [5.74, 6) is 1.11. The van der Waals surface area contributed by atoms with Crippen molar-refractivity contribution in [1.82, 2.24) is 0 Å². The van der Waals surface area contributed by atoms with Crippen LogP contribution in [-0.4, -0.2) is 49.5 Å². The lowest BCUT2D eigenvalue weighted by Gasteiger charge is -2.13. The van der Waals surface area contributed by atoms with E-state index in [0.29, 0.717) is 11.5 Å². The molecule has 0 saturated heterocycles. The van der Waals surface area contributed by atoms with Crippen LogP contribution in [0.15, 0.2) is 36.4 Å². The van der Waals surface area contributed by atoms with Crippen molar-refractivity contribution in [3.8, 4) is 23.0 Å². The quantitative estimate of drug-likeness (QED) is 0.545. The van der Waals surface area contributed by atoms with Gasteiger partial charge < -0.3 is 23.7 Å². The third kappa shape index (κ3) is 5.45. The van der Waals surface area contributed by atoms with Crippen LogP contribution in [0.25, 0.3) is 0 Å². The van der Waals surface area contributed by atoms with Crippen molar-refractivity contribution in [1.29, 1.82) is 0 Å². The molecule has 11 nitrogen and oxygen atoms in total. The average molecular weight is 406 g/mol. The highest BCUT2D eigenvalue weighted by molar-refractivity contribution is 5.49. The van der Waals surface area contributed by atoms with Crippen molar-refractivity contribution < 1.29 is 33.5 Å². The van der Waals surface area contributed by atoms with Crippen molar-refractivity contribution >= 4 is 11.4 Å². The summed E-state index contributed by atoms with van der Waals surface area (Å²) < 4.78 is 27.7. The maximum atomic E-state index is 11.0. The topological polar surface area (TPSA) is 132 Å². The lowest BCUT2D eigenvalue weighted by molar-refractivity contribution is -0.385. The van der Waals surface area contributed by atoms with Gasteiger partial charge in [0.15, 0.2) is 23.0 Å². The van der Waals surface area contributed by atoms with Gasteiger partial charge in [-0.25, -0.2) is 0 Å². The van der Waals surface area contributed by atoms with Crippen molar-refractivity contribution in [2.75, 3.05) is 39.6 Å². The first-order chi connectivity index (χ1) is 14.0. The second-order valence-corrected chi connectivity index (χ2v) is 5.78. The molecule has 0 radical (unpaired) electrons. The molecule has 1 aliphatic rings. The summed E-state index contributed by atoms with van der Waals surface area (Å²) in [5.41, 5.74) is -0.238. The maximum absolute atomic E-state index is 11.0. The van der Waals surface area contributed by atoms with Gasteiger partial charge in [-0.2, -0.15) is 0 Å². The minimum Gasteiger partial charge on any atom is -0.487 e. The Balaban J connectivity index is 1.76. The van der Waals surface area contributed by atoms with Crippen LogP contribution in [0.3, 0.4) is 0 Å². The molecule has 0 unspecified atom stereocenters. The highest BCUT2D eigenvalue weighted by Crippen LogP contribution is 2.33. The van der Waals surface area contributed by atoms with Gasteiger partial charge in [0.2, 0.25) is 0 Å². The minimum atomic E-state index is -0.522. The van der Waals surface area contributed by atoms with Crippen molar-refractivity contribution in [3.05, 3.63) is 56.6 Å². The molecule has 0 bridgehead atoms. The second-order valence-electron chi connectivity index (χ2n) is 5.78. The van der Waals surface area contributed by atoms with Crippen LogP contribution in [0.2, 0.25) is 0 Å². The van der Waals surface area contributed by atoms with Crippen LogP contribution in [0.4, 0.5) is 11.4 Å². The summed E-state index contributed by atoms with van der Waals surface area (Å²) in [5, 5.41) is 22.0. The van der Waals surface area contributed by atoms with Crippen LogP contribution < -0.4 is 18.9 Å². The van der Waals surface area contributed by atoms with Gasteiger partial charge >= 0.3 is 0 Å². The molecule has 2 aromatic carbocycles. The summed E-state index contributed by atoms with van der Waals surface area (Å²) in [6, 6.07) is 8.10. The molecule has 3 rings (SSSR count). The predicted octanol–water partition coefficient (Wildman–Crippen LogP) is 2.75. The highest BCUT2D eigenvalue weighted by atomic mass is 16.6. The molecule has 154 valence electrons. The first kappa shape index (κ1) is 20.1. The number of rotatable bonds is 2. The monoisotopic (exact) mass is 406 g/mol. The third-order valence-corrected chi connectivity index (χ3v) is 3.85. The van der Waals surface area contributed by atoms with E-state index in [4.69, 9.17) is 23.7 Å². The number of ether oxygens (including phenoxy) is 5. The van der Waals surface area contributed by atoms with Crippen LogP contribution in [0, 0.1) is 20.2 Å². The molecule has 1 aliphatic heterocycles. The number of hydrogen-bond acceptors (Lipinski definition) is 9. The van der Waals surface area contributed by atoms with Gasteiger partial charge in [-0.1, -0.05) is 0 Å². The minimum absolute atomic E-state index is 0.112. The largest absolute Gasteiger partial charge is 0.487 e. The van der Waals surface area contributed by atoms with Gasteiger partial charge in [-0.05, 0) is 12.1 Å². The molecule has 0 aliphatic carbocycles. The summed E-state index contributed by atoms with van der Waals surface area (Å²) in [6.07, 6.45) is 0. The zero-order valence-corrected chi connectivity index (χ0v) is 15.3. The molecule has 0 amide bonds. The molecule has 0 spiro atoms. The summed E-state index contributed by atoms with van der Waals surface area (Å²) in [7, 11) is 0. The van der Waals surface area contributed by atoms with E-state index in [1.807, 2.05) is 0 Å². The molecule has 11 heteroatoms. The Labute approximate surface area is 165 Å². The Morgan fingerprint density at radius 1 is 0.586 bits per heavy atom. The number of nitro benzene ring substituents is 2. The van der Waals surface area contributed by atoms with Gasteiger partial charge in [-0.15, -0.1) is 0 Å². The summed E-state index contributed by atoms with van der Waals surface area (Å²) in [4.78, 5) is 20.9. The molecule has 1 heterocycles. The molecule has 29 heavy (non-hydrogen) atoms. The van der Waals surface area contributed by atoms with E-state index < -0.39 is 9.85 Å². The highest BCUT2D eigenvalue weighted by Gasteiger charge is 2.16. The molecule has 0 saturated carbocycles. The van der Waals surface area contributed by atoms with Gasteiger partial charge in [-0.3, -0.25) is 20.2 Å². The number of non-ortho nitro benzene ring substituents is 2. The fourth-order valence-electron chi connectivity index (χ4n) is 2.51. The number of benzene rings is 2. The average Bonchev–Trinajstić information content (AvgIpc) is 2.71. The molecule has 0 fully saturated rings. The zero-order chi connectivity index (χ0) is 20.6. The normalized spacial score (nSPS) is 14.9. The number of nitrogens with zero attached hydrogens (tertiary/aromatic N) is 2. The van der Waals surface area contributed by atoms with Crippen molar-refractivity contribution in [2.24, 2.45) is 0 Å². The fourth-order valence-corrected chi connectivity index (χ4v) is 2.51. The molecular formula is C18H18N2O9. The first-order valence-electron chi connectivity index (χ1n) is 8.70. The van der Waals surface area contributed by atoms with Gasteiger partial charge in [0.05, 0.1) is 35.2 Å². The van der Waals surface area contributed by atoms with E-state index in [1.54, 1.807) is 0 Å². The maximum Gasteiger partial charge on any atom is 0.273 e. The van der Waals surface area contributed by atoms with Crippen LogP contribution in [-0.2, 0) is 4.74 Å². The Morgan fingerprint density at radius 3 is 1.38 bits per heavy atom. The third-order valence-electron chi connectivity index (χ3n) is 3.85.